The first-order valence-corrected chi connectivity index (χ1v) is 5.72. The third-order valence-electron chi connectivity index (χ3n) is 3.94. The fraction of sp³-hybridized carbons (Fsp3) is 0.333. The largest absolute Gasteiger partial charge is 0.0841 e. The normalized spacial score (nSPS) is 32.9. The molecule has 0 heterocycles. The van der Waals surface area contributed by atoms with Crippen LogP contribution in [0, 0.1) is 5.92 Å². The molecule has 0 aliphatic heterocycles. The molecule has 1 aromatic carbocycles. The van der Waals surface area contributed by atoms with Crippen LogP contribution in [0.2, 0.25) is 0 Å². The molecule has 0 bridgehead atoms. The quantitative estimate of drug-likeness (QED) is 0.598. The smallest absolute Gasteiger partial charge is 0.00747 e. The van der Waals surface area contributed by atoms with Gasteiger partial charge in [0.25, 0.3) is 0 Å². The lowest BCUT2D eigenvalue weighted by molar-refractivity contribution is 0.279. The summed E-state index contributed by atoms with van der Waals surface area (Å²) in [6.07, 6.45) is 9.47. The van der Waals surface area contributed by atoms with Crippen LogP contribution < -0.4 is 0 Å². The van der Waals surface area contributed by atoms with Crippen molar-refractivity contribution in [3.8, 4) is 0 Å². The van der Waals surface area contributed by atoms with Crippen molar-refractivity contribution in [1.82, 2.24) is 0 Å². The molecule has 76 valence electrons. The Morgan fingerprint density at radius 2 is 2.00 bits per heavy atom. The lowest BCUT2D eigenvalue weighted by Gasteiger charge is -2.50. The zero-order valence-electron chi connectivity index (χ0n) is 9.11. The Morgan fingerprint density at radius 1 is 1.20 bits per heavy atom. The molecule has 0 aromatic heterocycles. The van der Waals surface area contributed by atoms with Gasteiger partial charge >= 0.3 is 0 Å². The number of hydrogen-bond donors (Lipinski definition) is 0. The molecular formula is C15H16. The minimum absolute atomic E-state index is 0.351. The summed E-state index contributed by atoms with van der Waals surface area (Å²) in [5.74, 6) is 0.661. The van der Waals surface area contributed by atoms with Crippen molar-refractivity contribution in [1.29, 1.82) is 0 Å². The van der Waals surface area contributed by atoms with E-state index in [9.17, 15) is 0 Å². The van der Waals surface area contributed by atoms with Gasteiger partial charge in [-0.1, -0.05) is 61.1 Å². The van der Waals surface area contributed by atoms with Gasteiger partial charge in [0.1, 0.15) is 0 Å². The van der Waals surface area contributed by atoms with Crippen LogP contribution in [0.1, 0.15) is 25.3 Å². The number of rotatable bonds is 1. The maximum Gasteiger partial charge on any atom is 0.00747 e. The number of fused-ring (bicyclic) bond motifs is 1. The fourth-order valence-electron chi connectivity index (χ4n) is 2.99. The molecule has 0 saturated heterocycles. The van der Waals surface area contributed by atoms with Gasteiger partial charge in [0, 0.05) is 11.3 Å². The third kappa shape index (κ3) is 1.21. The molecule has 0 nitrogen and oxygen atoms in total. The highest BCUT2D eigenvalue weighted by atomic mass is 14.5. The SMILES string of the molecule is CC1(c2ccccc2)CC2=CCC=CC21. The second-order valence-corrected chi connectivity index (χ2v) is 4.88. The Hall–Kier alpha value is -1.30. The highest BCUT2D eigenvalue weighted by Gasteiger charge is 2.46. The third-order valence-corrected chi connectivity index (χ3v) is 3.94. The van der Waals surface area contributed by atoms with E-state index in [0.29, 0.717) is 11.3 Å². The summed E-state index contributed by atoms with van der Waals surface area (Å²) in [4.78, 5) is 0. The van der Waals surface area contributed by atoms with E-state index in [1.54, 1.807) is 5.57 Å². The van der Waals surface area contributed by atoms with Gasteiger partial charge in [-0.05, 0) is 18.4 Å². The van der Waals surface area contributed by atoms with Crippen molar-refractivity contribution in [2.75, 3.05) is 0 Å². The van der Waals surface area contributed by atoms with Crippen LogP contribution in [-0.2, 0) is 5.41 Å². The number of allylic oxidation sites excluding steroid dienone is 4. The summed E-state index contributed by atoms with van der Waals surface area (Å²) in [5.41, 5.74) is 3.48. The summed E-state index contributed by atoms with van der Waals surface area (Å²) in [6, 6.07) is 10.9. The molecule has 2 aliphatic rings. The zero-order valence-corrected chi connectivity index (χ0v) is 9.11. The minimum Gasteiger partial charge on any atom is -0.0841 e. The molecule has 2 aliphatic carbocycles. The monoisotopic (exact) mass is 196 g/mol. The van der Waals surface area contributed by atoms with E-state index in [2.05, 4.69) is 55.5 Å². The molecule has 2 atom stereocenters. The van der Waals surface area contributed by atoms with Crippen molar-refractivity contribution in [3.05, 3.63) is 59.7 Å². The number of benzene rings is 1. The maximum atomic E-state index is 2.40. The molecule has 1 aromatic rings. The Bertz CT molecular complexity index is 425. The molecule has 0 radical (unpaired) electrons. The summed E-state index contributed by atoms with van der Waals surface area (Å²) >= 11 is 0. The van der Waals surface area contributed by atoms with Crippen LogP contribution in [0.15, 0.2) is 54.1 Å². The average molecular weight is 196 g/mol. The highest BCUT2D eigenvalue weighted by molar-refractivity contribution is 5.43. The predicted molar refractivity (Wildman–Crippen MR) is 63.7 cm³/mol. The molecule has 0 heteroatoms. The van der Waals surface area contributed by atoms with Crippen LogP contribution in [0.5, 0.6) is 0 Å². The van der Waals surface area contributed by atoms with Crippen LogP contribution in [0.4, 0.5) is 0 Å². The van der Waals surface area contributed by atoms with Crippen molar-refractivity contribution in [2.45, 2.75) is 25.2 Å². The van der Waals surface area contributed by atoms with Crippen LogP contribution >= 0.6 is 0 Å². The van der Waals surface area contributed by atoms with Gasteiger partial charge in [-0.3, -0.25) is 0 Å². The Morgan fingerprint density at radius 3 is 2.73 bits per heavy atom. The summed E-state index contributed by atoms with van der Waals surface area (Å²) in [5, 5.41) is 0. The second kappa shape index (κ2) is 3.10. The maximum absolute atomic E-state index is 2.40. The average Bonchev–Trinajstić information content (AvgIpc) is 2.29. The standard InChI is InChI=1S/C15H16/c1-15(13-8-3-2-4-9-13)11-12-7-5-6-10-14(12)15/h2-4,6-10,14H,5,11H2,1H3. The minimum atomic E-state index is 0.351. The molecule has 0 N–H and O–H groups in total. The zero-order chi connectivity index (χ0) is 10.3. The summed E-state index contributed by atoms with van der Waals surface area (Å²) in [6.45, 7) is 2.39. The van der Waals surface area contributed by atoms with E-state index in [-0.39, 0.29) is 0 Å². The van der Waals surface area contributed by atoms with Gasteiger partial charge in [0.2, 0.25) is 0 Å². The Kier molecular flexibility index (Phi) is 1.85. The second-order valence-electron chi connectivity index (χ2n) is 4.88. The van der Waals surface area contributed by atoms with Gasteiger partial charge in [-0.2, -0.15) is 0 Å². The van der Waals surface area contributed by atoms with E-state index in [0.717, 1.165) is 6.42 Å². The Balaban J connectivity index is 1.97. The van der Waals surface area contributed by atoms with Crippen LogP contribution in [0.3, 0.4) is 0 Å². The first-order valence-electron chi connectivity index (χ1n) is 5.72. The molecule has 1 saturated carbocycles. The van der Waals surface area contributed by atoms with E-state index < -0.39 is 0 Å². The van der Waals surface area contributed by atoms with E-state index in [1.165, 1.54) is 12.0 Å². The number of hydrogen-bond acceptors (Lipinski definition) is 0. The van der Waals surface area contributed by atoms with Gasteiger partial charge in [-0.25, -0.2) is 0 Å². The topological polar surface area (TPSA) is 0 Å². The molecule has 3 rings (SSSR count). The first-order chi connectivity index (χ1) is 7.31. The van der Waals surface area contributed by atoms with Crippen molar-refractivity contribution in [2.24, 2.45) is 5.92 Å². The molecule has 1 fully saturated rings. The van der Waals surface area contributed by atoms with Crippen LogP contribution in [-0.4, -0.2) is 0 Å². The van der Waals surface area contributed by atoms with Gasteiger partial charge in [0.05, 0.1) is 0 Å². The molecular weight excluding hydrogens is 180 g/mol. The van der Waals surface area contributed by atoms with Gasteiger partial charge in [0.15, 0.2) is 0 Å². The summed E-state index contributed by atoms with van der Waals surface area (Å²) in [7, 11) is 0. The van der Waals surface area contributed by atoms with E-state index in [1.807, 2.05) is 0 Å². The predicted octanol–water partition coefficient (Wildman–Crippen LogP) is 3.85. The van der Waals surface area contributed by atoms with Crippen molar-refractivity contribution >= 4 is 0 Å². The lowest BCUT2D eigenvalue weighted by Crippen LogP contribution is -2.43. The molecule has 0 spiro atoms. The lowest BCUT2D eigenvalue weighted by atomic mass is 9.54. The van der Waals surface area contributed by atoms with Crippen LogP contribution in [0.25, 0.3) is 0 Å². The molecule has 0 amide bonds. The van der Waals surface area contributed by atoms with Crippen molar-refractivity contribution in [3.63, 3.8) is 0 Å². The molecule has 2 unspecified atom stereocenters. The van der Waals surface area contributed by atoms with E-state index in [4.69, 9.17) is 0 Å². The van der Waals surface area contributed by atoms with Gasteiger partial charge in [-0.15, -0.1) is 0 Å². The first kappa shape index (κ1) is 8.96. The van der Waals surface area contributed by atoms with Gasteiger partial charge < -0.3 is 0 Å². The fourth-order valence-corrected chi connectivity index (χ4v) is 2.99. The van der Waals surface area contributed by atoms with Crippen molar-refractivity contribution < 1.29 is 0 Å². The van der Waals surface area contributed by atoms with E-state index >= 15 is 0 Å². The highest BCUT2D eigenvalue weighted by Crippen LogP contribution is 2.54. The molecule has 15 heavy (non-hydrogen) atoms. The Labute approximate surface area is 91.3 Å². The summed E-state index contributed by atoms with van der Waals surface area (Å²) < 4.78 is 0.